The van der Waals surface area contributed by atoms with Gasteiger partial charge in [0.1, 0.15) is 11.5 Å². The van der Waals surface area contributed by atoms with Crippen LogP contribution in [0, 0.1) is 6.92 Å². The lowest BCUT2D eigenvalue weighted by Crippen LogP contribution is -2.35. The molecule has 1 heterocycles. The van der Waals surface area contributed by atoms with Crippen LogP contribution >= 0.6 is 0 Å². The van der Waals surface area contributed by atoms with Crippen molar-refractivity contribution in [3.05, 3.63) is 70.8 Å². The lowest BCUT2D eigenvalue weighted by Gasteiger charge is -2.26. The predicted molar refractivity (Wildman–Crippen MR) is 112 cm³/mol. The van der Waals surface area contributed by atoms with Crippen molar-refractivity contribution in [2.45, 2.75) is 13.0 Å². The van der Waals surface area contributed by atoms with Crippen molar-refractivity contribution in [1.82, 2.24) is 9.80 Å². The fourth-order valence-electron chi connectivity index (χ4n) is 3.57. The van der Waals surface area contributed by atoms with E-state index in [0.29, 0.717) is 24.4 Å². The molecule has 1 aliphatic heterocycles. The van der Waals surface area contributed by atoms with E-state index in [0.717, 1.165) is 11.1 Å². The van der Waals surface area contributed by atoms with Gasteiger partial charge in [0.2, 0.25) is 0 Å². The number of carbonyl (C=O) groups is 2. The van der Waals surface area contributed by atoms with Gasteiger partial charge in [-0.2, -0.15) is 0 Å². The van der Waals surface area contributed by atoms with Gasteiger partial charge < -0.3 is 19.6 Å². The number of aliphatic hydroxyl groups excluding tert-OH is 1. The average Bonchev–Trinajstić information content (AvgIpc) is 2.97. The number of rotatable bonds is 6. The van der Waals surface area contributed by atoms with E-state index in [4.69, 9.17) is 4.74 Å². The number of likely N-dealkylation sites (N-methyl/N-ethyl adjacent to an activating group) is 1. The summed E-state index contributed by atoms with van der Waals surface area (Å²) >= 11 is 0. The molecule has 0 radical (unpaired) electrons. The van der Waals surface area contributed by atoms with Crippen LogP contribution in [-0.2, 0) is 9.59 Å². The topological polar surface area (TPSA) is 70.1 Å². The second-order valence-corrected chi connectivity index (χ2v) is 7.39. The molecule has 1 atom stereocenters. The van der Waals surface area contributed by atoms with Crippen molar-refractivity contribution < 1.29 is 19.4 Å². The Kier molecular flexibility index (Phi) is 6.03. The highest BCUT2D eigenvalue weighted by Crippen LogP contribution is 2.39. The molecule has 2 aromatic carbocycles. The molecule has 1 saturated heterocycles. The Labute approximate surface area is 171 Å². The molecule has 1 aliphatic rings. The first-order chi connectivity index (χ1) is 13.8. The monoisotopic (exact) mass is 394 g/mol. The summed E-state index contributed by atoms with van der Waals surface area (Å²) in [5, 5.41) is 11.1. The molecule has 1 amide bonds. The van der Waals surface area contributed by atoms with Gasteiger partial charge in [-0.1, -0.05) is 30.3 Å². The number of benzene rings is 2. The van der Waals surface area contributed by atoms with Gasteiger partial charge in [0.25, 0.3) is 11.7 Å². The number of ether oxygens (including phenoxy) is 1. The normalized spacial score (nSPS) is 18.5. The van der Waals surface area contributed by atoms with Gasteiger partial charge in [-0.3, -0.25) is 9.59 Å². The smallest absolute Gasteiger partial charge is 0.295 e. The quantitative estimate of drug-likeness (QED) is 0.463. The molecular weight excluding hydrogens is 368 g/mol. The maximum Gasteiger partial charge on any atom is 0.295 e. The van der Waals surface area contributed by atoms with E-state index in [-0.39, 0.29) is 11.3 Å². The van der Waals surface area contributed by atoms with E-state index in [1.54, 1.807) is 30.2 Å². The molecule has 152 valence electrons. The molecule has 0 aliphatic carbocycles. The van der Waals surface area contributed by atoms with E-state index in [9.17, 15) is 14.7 Å². The van der Waals surface area contributed by atoms with Crippen LogP contribution in [0.15, 0.2) is 54.1 Å². The number of hydrogen-bond acceptors (Lipinski definition) is 5. The summed E-state index contributed by atoms with van der Waals surface area (Å²) in [6, 6.07) is 13.9. The number of aliphatic hydroxyl groups is 1. The van der Waals surface area contributed by atoms with Crippen molar-refractivity contribution in [1.29, 1.82) is 0 Å². The third-order valence-corrected chi connectivity index (χ3v) is 5.13. The molecule has 6 heteroatoms. The predicted octanol–water partition coefficient (Wildman–Crippen LogP) is 2.99. The second kappa shape index (κ2) is 8.49. The number of Topliss-reactive ketones (excluding diaryl/α,β-unsaturated/α-hetero) is 1. The van der Waals surface area contributed by atoms with Gasteiger partial charge in [0.05, 0.1) is 18.7 Å². The molecule has 1 N–H and O–H groups in total. The number of likely N-dealkylation sites (tertiary alicyclic amines) is 1. The Balaban J connectivity index is 2.15. The van der Waals surface area contributed by atoms with E-state index in [1.807, 2.05) is 56.3 Å². The summed E-state index contributed by atoms with van der Waals surface area (Å²) in [5.41, 5.74) is 2.18. The Morgan fingerprint density at radius 2 is 1.83 bits per heavy atom. The second-order valence-electron chi connectivity index (χ2n) is 7.39. The standard InChI is InChI=1S/C23H26N2O4/c1-15-14-17(29-4)10-11-18(15)21(26)19-20(16-8-6-5-7-9-16)25(13-12-24(2)3)23(28)22(19)27/h5-11,14,20,26H,12-13H2,1-4H3. The highest BCUT2D eigenvalue weighted by molar-refractivity contribution is 6.46. The minimum atomic E-state index is -0.662. The third-order valence-electron chi connectivity index (χ3n) is 5.13. The van der Waals surface area contributed by atoms with E-state index in [2.05, 4.69) is 0 Å². The molecule has 2 aromatic rings. The molecule has 3 rings (SSSR count). The molecule has 1 unspecified atom stereocenters. The van der Waals surface area contributed by atoms with Crippen LogP contribution in [0.25, 0.3) is 5.76 Å². The van der Waals surface area contributed by atoms with Crippen LogP contribution in [0.1, 0.15) is 22.7 Å². The summed E-state index contributed by atoms with van der Waals surface area (Å²) < 4.78 is 5.22. The highest BCUT2D eigenvalue weighted by Gasteiger charge is 2.45. The van der Waals surface area contributed by atoms with Gasteiger partial charge in [-0.15, -0.1) is 0 Å². The van der Waals surface area contributed by atoms with Crippen LogP contribution in [0.3, 0.4) is 0 Å². The van der Waals surface area contributed by atoms with Crippen LogP contribution in [0.4, 0.5) is 0 Å². The number of amides is 1. The van der Waals surface area contributed by atoms with Crippen molar-refractivity contribution in [3.63, 3.8) is 0 Å². The van der Waals surface area contributed by atoms with Gasteiger partial charge in [0, 0.05) is 18.7 Å². The molecule has 1 fully saturated rings. The highest BCUT2D eigenvalue weighted by atomic mass is 16.5. The Hall–Kier alpha value is -3.12. The maximum absolute atomic E-state index is 12.9. The van der Waals surface area contributed by atoms with Crippen molar-refractivity contribution in [2.24, 2.45) is 0 Å². The molecule has 0 saturated carbocycles. The summed E-state index contributed by atoms with van der Waals surface area (Å²) in [7, 11) is 5.39. The SMILES string of the molecule is COc1ccc(C(O)=C2C(=O)C(=O)N(CCN(C)C)C2c2ccccc2)c(C)c1. The van der Waals surface area contributed by atoms with Crippen molar-refractivity contribution in [2.75, 3.05) is 34.3 Å². The number of hydrogen-bond donors (Lipinski definition) is 1. The fraction of sp³-hybridized carbons (Fsp3) is 0.304. The first-order valence-electron chi connectivity index (χ1n) is 9.48. The first-order valence-corrected chi connectivity index (χ1v) is 9.48. The number of methoxy groups -OCH3 is 1. The number of nitrogens with zero attached hydrogens (tertiary/aromatic N) is 2. The van der Waals surface area contributed by atoms with E-state index >= 15 is 0 Å². The zero-order chi connectivity index (χ0) is 21.1. The zero-order valence-corrected chi connectivity index (χ0v) is 17.2. The summed E-state index contributed by atoms with van der Waals surface area (Å²) in [6.07, 6.45) is 0. The zero-order valence-electron chi connectivity index (χ0n) is 17.2. The first kappa shape index (κ1) is 20.6. The third kappa shape index (κ3) is 4.03. The van der Waals surface area contributed by atoms with Gasteiger partial charge in [-0.25, -0.2) is 0 Å². The minimum Gasteiger partial charge on any atom is -0.507 e. The van der Waals surface area contributed by atoms with Gasteiger partial charge in [-0.05, 0) is 50.3 Å². The molecule has 6 nitrogen and oxygen atoms in total. The van der Waals surface area contributed by atoms with Crippen LogP contribution in [-0.4, -0.2) is 60.9 Å². The van der Waals surface area contributed by atoms with E-state index < -0.39 is 17.7 Å². The lowest BCUT2D eigenvalue weighted by molar-refractivity contribution is -0.140. The molecule has 0 spiro atoms. The van der Waals surface area contributed by atoms with Crippen LogP contribution in [0.2, 0.25) is 0 Å². The lowest BCUT2D eigenvalue weighted by atomic mass is 9.94. The molecule has 0 aromatic heterocycles. The largest absolute Gasteiger partial charge is 0.507 e. The Bertz CT molecular complexity index is 951. The summed E-state index contributed by atoms with van der Waals surface area (Å²) in [6.45, 7) is 2.82. The Morgan fingerprint density at radius 3 is 2.41 bits per heavy atom. The molecule has 0 bridgehead atoms. The van der Waals surface area contributed by atoms with Crippen LogP contribution in [0.5, 0.6) is 5.75 Å². The fourth-order valence-corrected chi connectivity index (χ4v) is 3.57. The number of carbonyl (C=O) groups excluding carboxylic acids is 2. The summed E-state index contributed by atoms with van der Waals surface area (Å²) in [4.78, 5) is 29.3. The maximum atomic E-state index is 12.9. The van der Waals surface area contributed by atoms with Gasteiger partial charge in [0.15, 0.2) is 0 Å². The summed E-state index contributed by atoms with van der Waals surface area (Å²) in [5.74, 6) is -0.756. The number of aryl methyl sites for hydroxylation is 1. The van der Waals surface area contributed by atoms with E-state index in [1.165, 1.54) is 0 Å². The molecule has 29 heavy (non-hydrogen) atoms. The van der Waals surface area contributed by atoms with Crippen LogP contribution < -0.4 is 4.74 Å². The Morgan fingerprint density at radius 1 is 1.14 bits per heavy atom. The number of ketones is 1. The molecular formula is C23H26N2O4. The van der Waals surface area contributed by atoms with Crippen molar-refractivity contribution >= 4 is 17.4 Å². The average molecular weight is 394 g/mol. The van der Waals surface area contributed by atoms with Gasteiger partial charge >= 0.3 is 0 Å². The van der Waals surface area contributed by atoms with Crippen molar-refractivity contribution in [3.8, 4) is 5.75 Å². The minimum absolute atomic E-state index is 0.119.